The van der Waals surface area contributed by atoms with Gasteiger partial charge in [-0.05, 0) is 67.8 Å². The summed E-state index contributed by atoms with van der Waals surface area (Å²) >= 11 is 0. The van der Waals surface area contributed by atoms with Crippen LogP contribution in [-0.4, -0.2) is 44.3 Å². The molecule has 8 heteroatoms. The lowest BCUT2D eigenvalue weighted by Gasteiger charge is -2.26. The molecule has 3 heterocycles. The highest BCUT2D eigenvalue weighted by molar-refractivity contribution is 5.83. The summed E-state index contributed by atoms with van der Waals surface area (Å²) in [5.74, 6) is 8.14. The maximum absolute atomic E-state index is 13.3. The number of aromatic nitrogens is 4. The van der Waals surface area contributed by atoms with Gasteiger partial charge < -0.3 is 25.9 Å². The molecule has 0 bridgehead atoms. The Balaban J connectivity index is 1.11. The van der Waals surface area contributed by atoms with Crippen molar-refractivity contribution in [2.75, 3.05) is 13.6 Å². The van der Waals surface area contributed by atoms with Crippen molar-refractivity contribution in [1.29, 1.82) is 0 Å². The van der Waals surface area contributed by atoms with Crippen LogP contribution in [0.25, 0.3) is 22.5 Å². The summed E-state index contributed by atoms with van der Waals surface area (Å²) in [6.07, 6.45) is 5.47. The molecule has 43 heavy (non-hydrogen) atoms. The third-order valence-corrected chi connectivity index (χ3v) is 8.05. The van der Waals surface area contributed by atoms with Crippen LogP contribution in [-0.2, 0) is 4.79 Å². The standard InChI is InChI=1S/C35H35N7O/c1-23(37-2)33-38-21-29(40-33)26-16-12-24(13-17-26)10-11-25-14-18-27(19-15-25)30-22-39-34(41-30)31-9-6-20-42(31)35(43)32(36)28-7-4-3-5-8-28/h3-5,7-8,12-19,21-23,31-32,37H,6,9,20,36H2,1-2H3,(H,38,40)(H,39,41)/t23-,31-,32+/m0/s1. The van der Waals surface area contributed by atoms with Gasteiger partial charge in [0.2, 0.25) is 5.91 Å². The van der Waals surface area contributed by atoms with Gasteiger partial charge in [-0.2, -0.15) is 0 Å². The molecule has 5 N–H and O–H groups in total. The molecule has 3 atom stereocenters. The molecule has 0 spiro atoms. The molecule has 1 saturated heterocycles. The monoisotopic (exact) mass is 569 g/mol. The number of H-pyrrole nitrogens is 2. The van der Waals surface area contributed by atoms with E-state index in [-0.39, 0.29) is 18.0 Å². The highest BCUT2D eigenvalue weighted by Gasteiger charge is 2.34. The van der Waals surface area contributed by atoms with E-state index in [1.165, 1.54) is 0 Å². The van der Waals surface area contributed by atoms with Crippen LogP contribution in [0, 0.1) is 11.8 Å². The fourth-order valence-electron chi connectivity index (χ4n) is 5.40. The van der Waals surface area contributed by atoms with E-state index in [9.17, 15) is 4.79 Å². The molecule has 3 aromatic carbocycles. The summed E-state index contributed by atoms with van der Waals surface area (Å²) < 4.78 is 0. The number of benzene rings is 3. The van der Waals surface area contributed by atoms with Crippen LogP contribution in [0.15, 0.2) is 91.3 Å². The molecular weight excluding hydrogens is 534 g/mol. The van der Waals surface area contributed by atoms with Crippen LogP contribution in [0.2, 0.25) is 0 Å². The summed E-state index contributed by atoms with van der Waals surface area (Å²) in [5.41, 5.74) is 13.0. The van der Waals surface area contributed by atoms with Gasteiger partial charge in [-0.1, -0.05) is 66.4 Å². The van der Waals surface area contributed by atoms with Crippen molar-refractivity contribution in [2.45, 2.75) is 37.9 Å². The second-order valence-corrected chi connectivity index (χ2v) is 10.9. The Bertz CT molecular complexity index is 1740. The molecule has 5 aromatic rings. The SMILES string of the molecule is CN[C@@H](C)c1ncc(-c2ccc(C#Cc3ccc(-c4cnc([C@@H]5CCCN5C(=O)[C@H](N)c5ccccc5)[nH]4)cc3)cc2)[nH]1. The molecule has 0 saturated carbocycles. The smallest absolute Gasteiger partial charge is 0.244 e. The third kappa shape index (κ3) is 6.14. The van der Waals surface area contributed by atoms with Gasteiger partial charge in [-0.15, -0.1) is 0 Å². The van der Waals surface area contributed by atoms with Crippen molar-refractivity contribution in [2.24, 2.45) is 5.73 Å². The predicted octanol–water partition coefficient (Wildman–Crippen LogP) is 5.51. The number of hydrogen-bond acceptors (Lipinski definition) is 5. The van der Waals surface area contributed by atoms with Gasteiger partial charge in [0.05, 0.1) is 35.9 Å². The maximum Gasteiger partial charge on any atom is 0.244 e. The Morgan fingerprint density at radius 1 is 0.907 bits per heavy atom. The fourth-order valence-corrected chi connectivity index (χ4v) is 5.40. The van der Waals surface area contributed by atoms with Gasteiger partial charge in [0.25, 0.3) is 0 Å². The summed E-state index contributed by atoms with van der Waals surface area (Å²) in [6, 6.07) is 25.1. The number of hydrogen-bond donors (Lipinski definition) is 4. The number of nitrogens with zero attached hydrogens (tertiary/aromatic N) is 3. The second-order valence-electron chi connectivity index (χ2n) is 10.9. The zero-order valence-corrected chi connectivity index (χ0v) is 24.3. The van der Waals surface area contributed by atoms with Crippen LogP contribution in [0.1, 0.15) is 66.2 Å². The first-order valence-corrected chi connectivity index (χ1v) is 14.6. The lowest BCUT2D eigenvalue weighted by atomic mass is 10.1. The highest BCUT2D eigenvalue weighted by Crippen LogP contribution is 2.33. The Kier molecular flexibility index (Phi) is 8.18. The van der Waals surface area contributed by atoms with Crippen molar-refractivity contribution in [3.63, 3.8) is 0 Å². The van der Waals surface area contributed by atoms with E-state index in [2.05, 4.69) is 56.2 Å². The van der Waals surface area contributed by atoms with Crippen molar-refractivity contribution < 1.29 is 4.79 Å². The van der Waals surface area contributed by atoms with Gasteiger partial charge in [0.15, 0.2) is 0 Å². The molecule has 1 aliphatic rings. The Morgan fingerprint density at radius 3 is 2.14 bits per heavy atom. The average Bonchev–Trinajstić information content (AvgIpc) is 3.85. The van der Waals surface area contributed by atoms with E-state index in [4.69, 9.17) is 5.73 Å². The lowest BCUT2D eigenvalue weighted by Crippen LogP contribution is -2.38. The van der Waals surface area contributed by atoms with Gasteiger partial charge in [0, 0.05) is 17.7 Å². The topological polar surface area (TPSA) is 116 Å². The van der Waals surface area contributed by atoms with Crippen molar-refractivity contribution in [1.82, 2.24) is 30.2 Å². The largest absolute Gasteiger partial charge is 0.341 e. The molecule has 1 aliphatic heterocycles. The second kappa shape index (κ2) is 12.5. The molecule has 0 unspecified atom stereocenters. The van der Waals surface area contributed by atoms with Crippen LogP contribution >= 0.6 is 0 Å². The molecular formula is C35H35N7O. The van der Waals surface area contributed by atoms with E-state index in [0.717, 1.165) is 63.7 Å². The Hall–Kier alpha value is -4.97. The zero-order chi connectivity index (χ0) is 29.8. The number of nitrogens with one attached hydrogen (secondary N) is 3. The number of nitrogens with two attached hydrogens (primary N) is 1. The number of aromatic amines is 2. The van der Waals surface area contributed by atoms with Crippen LogP contribution in [0.3, 0.4) is 0 Å². The van der Waals surface area contributed by atoms with Crippen LogP contribution in [0.4, 0.5) is 0 Å². The van der Waals surface area contributed by atoms with Crippen molar-refractivity contribution in [3.8, 4) is 34.4 Å². The van der Waals surface area contributed by atoms with Crippen LogP contribution < -0.4 is 11.1 Å². The van der Waals surface area contributed by atoms with E-state index in [1.807, 2.05) is 91.1 Å². The fraction of sp³-hybridized carbons (Fsp3) is 0.229. The molecule has 2 aromatic heterocycles. The minimum atomic E-state index is -0.681. The number of carbonyl (C=O) groups excluding carboxylic acids is 1. The molecule has 0 aliphatic carbocycles. The normalized spacial score (nSPS) is 16.0. The lowest BCUT2D eigenvalue weighted by molar-refractivity contribution is -0.133. The predicted molar refractivity (Wildman–Crippen MR) is 169 cm³/mol. The first-order valence-electron chi connectivity index (χ1n) is 14.6. The molecule has 1 amide bonds. The molecule has 216 valence electrons. The number of carbonyl (C=O) groups is 1. The van der Waals surface area contributed by atoms with Gasteiger partial charge in [-0.25, -0.2) is 9.97 Å². The summed E-state index contributed by atoms with van der Waals surface area (Å²) in [6.45, 7) is 2.74. The minimum absolute atomic E-state index is 0.0705. The average molecular weight is 570 g/mol. The van der Waals surface area contributed by atoms with Crippen molar-refractivity contribution >= 4 is 5.91 Å². The summed E-state index contributed by atoms with van der Waals surface area (Å²) in [5, 5.41) is 3.19. The van der Waals surface area contributed by atoms with E-state index >= 15 is 0 Å². The number of likely N-dealkylation sites (tertiary alicyclic amines) is 1. The van der Waals surface area contributed by atoms with Gasteiger partial charge in [0.1, 0.15) is 17.7 Å². The molecule has 8 nitrogen and oxygen atoms in total. The zero-order valence-electron chi connectivity index (χ0n) is 24.3. The number of imidazole rings is 2. The van der Waals surface area contributed by atoms with Gasteiger partial charge >= 0.3 is 0 Å². The van der Waals surface area contributed by atoms with E-state index < -0.39 is 6.04 Å². The highest BCUT2D eigenvalue weighted by atomic mass is 16.2. The van der Waals surface area contributed by atoms with E-state index in [0.29, 0.717) is 6.54 Å². The molecule has 1 fully saturated rings. The Morgan fingerprint density at radius 2 is 1.51 bits per heavy atom. The first-order chi connectivity index (χ1) is 21.0. The number of amides is 1. The number of rotatable bonds is 7. The van der Waals surface area contributed by atoms with Crippen LogP contribution in [0.5, 0.6) is 0 Å². The quantitative estimate of drug-likeness (QED) is 0.193. The third-order valence-electron chi connectivity index (χ3n) is 8.05. The molecule has 0 radical (unpaired) electrons. The Labute approximate surface area is 251 Å². The maximum atomic E-state index is 13.3. The molecule has 6 rings (SSSR count). The van der Waals surface area contributed by atoms with Crippen molar-refractivity contribution in [3.05, 3.63) is 120 Å². The first kappa shape index (κ1) is 28.2. The van der Waals surface area contributed by atoms with E-state index in [1.54, 1.807) is 0 Å². The minimum Gasteiger partial charge on any atom is -0.341 e. The summed E-state index contributed by atoms with van der Waals surface area (Å²) in [7, 11) is 1.92. The van der Waals surface area contributed by atoms with Gasteiger partial charge in [-0.3, -0.25) is 4.79 Å². The summed E-state index contributed by atoms with van der Waals surface area (Å²) in [4.78, 5) is 31.1.